The predicted molar refractivity (Wildman–Crippen MR) is 107 cm³/mol. The second-order valence-electron chi connectivity index (χ2n) is 7.07. The summed E-state index contributed by atoms with van der Waals surface area (Å²) in [5.41, 5.74) is 4.87. The first-order chi connectivity index (χ1) is 12.4. The maximum Gasteiger partial charge on any atom is 0.277 e. The fourth-order valence-corrected chi connectivity index (χ4v) is 4.12. The van der Waals surface area contributed by atoms with Crippen molar-refractivity contribution in [3.63, 3.8) is 0 Å². The topological polar surface area (TPSA) is 37.6 Å². The number of hydrogen-bond donors (Lipinski definition) is 1. The highest BCUT2D eigenvalue weighted by Crippen LogP contribution is 2.22. The summed E-state index contributed by atoms with van der Waals surface area (Å²) in [6, 6.07) is 14.6. The Kier molecular flexibility index (Phi) is 5.69. The number of para-hydroxylation sites is 1. The van der Waals surface area contributed by atoms with Crippen molar-refractivity contribution in [2.75, 3.05) is 20.6 Å². The van der Waals surface area contributed by atoms with E-state index in [4.69, 9.17) is 0 Å². The number of quaternary nitrogens is 1. The van der Waals surface area contributed by atoms with E-state index in [2.05, 4.69) is 50.1 Å². The zero-order valence-electron chi connectivity index (χ0n) is 15.9. The second kappa shape index (κ2) is 7.98. The first-order valence-corrected chi connectivity index (χ1v) is 9.70. The molecule has 26 heavy (non-hydrogen) atoms. The number of rotatable bonds is 6. The number of nitrogens with one attached hydrogen (secondary N) is 1. The molecule has 5 heteroatoms. The molecule has 1 unspecified atom stereocenters. The van der Waals surface area contributed by atoms with Crippen molar-refractivity contribution >= 4 is 27.5 Å². The second-order valence-corrected chi connectivity index (χ2v) is 8.18. The van der Waals surface area contributed by atoms with Crippen LogP contribution >= 0.6 is 11.3 Å². The van der Waals surface area contributed by atoms with Gasteiger partial charge in [-0.3, -0.25) is 4.79 Å². The van der Waals surface area contributed by atoms with Gasteiger partial charge in [0.15, 0.2) is 6.54 Å². The number of nitrogens with zero attached hydrogens (tertiary/aromatic N) is 2. The van der Waals surface area contributed by atoms with Gasteiger partial charge in [-0.1, -0.05) is 35.9 Å². The molecule has 4 nitrogen and oxygen atoms in total. The molecular weight excluding hydrogens is 342 g/mol. The molecule has 0 bridgehead atoms. The minimum absolute atomic E-state index is 0.145. The van der Waals surface area contributed by atoms with Gasteiger partial charge in [-0.15, -0.1) is 11.3 Å². The van der Waals surface area contributed by atoms with Gasteiger partial charge in [-0.05, 0) is 31.5 Å². The number of benzene rings is 2. The van der Waals surface area contributed by atoms with Crippen LogP contribution in [0.3, 0.4) is 0 Å². The summed E-state index contributed by atoms with van der Waals surface area (Å²) in [5, 5.41) is 0.981. The molecule has 2 aromatic carbocycles. The van der Waals surface area contributed by atoms with Gasteiger partial charge in [0, 0.05) is 12.6 Å². The average molecular weight is 369 g/mol. The highest BCUT2D eigenvalue weighted by molar-refractivity contribution is 7.18. The van der Waals surface area contributed by atoms with Crippen molar-refractivity contribution in [3.8, 4) is 0 Å². The molecule has 136 valence electrons. The zero-order chi connectivity index (χ0) is 18.7. The SMILES string of the molecule is Cc1ccc(C[NH+](C)CC(=O)N(C)Cc2nc3ccccc3s2)c(C)c1. The first-order valence-electron chi connectivity index (χ1n) is 8.88. The van der Waals surface area contributed by atoms with Crippen LogP contribution in [0, 0.1) is 13.8 Å². The van der Waals surface area contributed by atoms with Crippen LogP contribution in [-0.4, -0.2) is 36.4 Å². The van der Waals surface area contributed by atoms with Crippen molar-refractivity contribution in [2.45, 2.75) is 26.9 Å². The smallest absolute Gasteiger partial charge is 0.277 e. The molecule has 0 aliphatic carbocycles. The minimum Gasteiger partial charge on any atom is -0.334 e. The van der Waals surface area contributed by atoms with Gasteiger partial charge >= 0.3 is 0 Å². The van der Waals surface area contributed by atoms with E-state index in [9.17, 15) is 4.79 Å². The molecule has 0 saturated carbocycles. The average Bonchev–Trinajstić information content (AvgIpc) is 2.99. The lowest BCUT2D eigenvalue weighted by atomic mass is 10.1. The molecule has 1 aromatic heterocycles. The number of hydrogen-bond acceptors (Lipinski definition) is 3. The maximum absolute atomic E-state index is 12.6. The highest BCUT2D eigenvalue weighted by atomic mass is 32.1. The van der Waals surface area contributed by atoms with E-state index < -0.39 is 0 Å². The quantitative estimate of drug-likeness (QED) is 0.726. The number of fused-ring (bicyclic) bond motifs is 1. The van der Waals surface area contributed by atoms with Crippen LogP contribution in [0.5, 0.6) is 0 Å². The van der Waals surface area contributed by atoms with Gasteiger partial charge < -0.3 is 9.80 Å². The number of carbonyl (C=O) groups excluding carboxylic acids is 1. The lowest BCUT2D eigenvalue weighted by Gasteiger charge is -2.20. The summed E-state index contributed by atoms with van der Waals surface area (Å²) in [5.74, 6) is 0.145. The molecule has 1 atom stereocenters. The van der Waals surface area contributed by atoms with Crippen LogP contribution in [0.1, 0.15) is 21.7 Å². The number of amides is 1. The molecule has 1 N–H and O–H groups in total. The number of aryl methyl sites for hydroxylation is 2. The van der Waals surface area contributed by atoms with Gasteiger partial charge in [0.05, 0.1) is 23.8 Å². The lowest BCUT2D eigenvalue weighted by molar-refractivity contribution is -0.885. The molecule has 0 aliphatic rings. The Labute approximate surface area is 159 Å². The van der Waals surface area contributed by atoms with Crippen molar-refractivity contribution in [1.29, 1.82) is 0 Å². The van der Waals surface area contributed by atoms with E-state index in [1.807, 2.05) is 25.2 Å². The van der Waals surface area contributed by atoms with Gasteiger partial charge in [-0.25, -0.2) is 4.98 Å². The molecular formula is C21H26N3OS+. The number of aromatic nitrogens is 1. The third-order valence-corrected chi connectivity index (χ3v) is 5.60. The van der Waals surface area contributed by atoms with E-state index in [1.165, 1.54) is 26.3 Å². The molecule has 0 radical (unpaired) electrons. The van der Waals surface area contributed by atoms with Crippen LogP contribution in [0.2, 0.25) is 0 Å². The van der Waals surface area contributed by atoms with Crippen LogP contribution in [0.25, 0.3) is 10.2 Å². The van der Waals surface area contributed by atoms with E-state index in [1.54, 1.807) is 16.2 Å². The summed E-state index contributed by atoms with van der Waals surface area (Å²) >= 11 is 1.66. The monoisotopic (exact) mass is 368 g/mol. The molecule has 0 fully saturated rings. The van der Waals surface area contributed by atoms with E-state index >= 15 is 0 Å². The van der Waals surface area contributed by atoms with Crippen LogP contribution in [0.15, 0.2) is 42.5 Å². The van der Waals surface area contributed by atoms with Gasteiger partial charge in [0.25, 0.3) is 5.91 Å². The highest BCUT2D eigenvalue weighted by Gasteiger charge is 2.17. The van der Waals surface area contributed by atoms with Crippen molar-refractivity contribution in [3.05, 3.63) is 64.2 Å². The van der Waals surface area contributed by atoms with Gasteiger partial charge in [0.1, 0.15) is 11.6 Å². The molecule has 1 heterocycles. The van der Waals surface area contributed by atoms with E-state index in [0.29, 0.717) is 13.1 Å². The van der Waals surface area contributed by atoms with Crippen LogP contribution in [0.4, 0.5) is 0 Å². The third kappa shape index (κ3) is 4.48. The number of likely N-dealkylation sites (N-methyl/N-ethyl adjacent to an activating group) is 2. The zero-order valence-corrected chi connectivity index (χ0v) is 16.7. The molecule has 1 amide bonds. The summed E-state index contributed by atoms with van der Waals surface area (Å²) in [4.78, 5) is 20.2. The standard InChI is InChI=1S/C21H25N3OS/c1-15-9-10-17(16(2)11-15)12-23(3)14-21(25)24(4)13-20-22-18-7-5-6-8-19(18)26-20/h5-11H,12-14H2,1-4H3/p+1. The predicted octanol–water partition coefficient (Wildman–Crippen LogP) is 2.59. The maximum atomic E-state index is 12.6. The van der Waals surface area contributed by atoms with E-state index in [-0.39, 0.29) is 5.91 Å². The van der Waals surface area contributed by atoms with Crippen LogP contribution in [-0.2, 0) is 17.9 Å². The van der Waals surface area contributed by atoms with Crippen molar-refractivity contribution < 1.29 is 9.69 Å². The summed E-state index contributed by atoms with van der Waals surface area (Å²) in [6.07, 6.45) is 0. The molecule has 0 saturated heterocycles. The Bertz CT molecular complexity index is 886. The number of thiazole rings is 1. The number of carbonyl (C=O) groups is 1. The Balaban J connectivity index is 1.57. The Hall–Kier alpha value is -2.24. The van der Waals surface area contributed by atoms with Gasteiger partial charge in [-0.2, -0.15) is 0 Å². The lowest BCUT2D eigenvalue weighted by Crippen LogP contribution is -3.08. The summed E-state index contributed by atoms with van der Waals surface area (Å²) in [7, 11) is 3.93. The minimum atomic E-state index is 0.145. The Morgan fingerprint density at radius 2 is 1.96 bits per heavy atom. The van der Waals surface area contributed by atoms with Crippen molar-refractivity contribution in [1.82, 2.24) is 9.88 Å². The summed E-state index contributed by atoms with van der Waals surface area (Å²) < 4.78 is 1.17. The Morgan fingerprint density at radius 1 is 1.19 bits per heavy atom. The molecule has 3 rings (SSSR count). The molecule has 3 aromatic rings. The molecule has 0 spiro atoms. The Morgan fingerprint density at radius 3 is 2.69 bits per heavy atom. The van der Waals surface area contributed by atoms with E-state index in [0.717, 1.165) is 17.1 Å². The summed E-state index contributed by atoms with van der Waals surface area (Å²) in [6.45, 7) is 6.14. The van der Waals surface area contributed by atoms with Crippen LogP contribution < -0.4 is 4.90 Å². The molecule has 0 aliphatic heterocycles. The fourth-order valence-electron chi connectivity index (χ4n) is 3.10. The largest absolute Gasteiger partial charge is 0.334 e. The third-order valence-electron chi connectivity index (χ3n) is 4.58. The van der Waals surface area contributed by atoms with Gasteiger partial charge in [0.2, 0.25) is 0 Å². The fraction of sp³-hybridized carbons (Fsp3) is 0.333. The first kappa shape index (κ1) is 18.5. The normalized spacial score (nSPS) is 12.3. The van der Waals surface area contributed by atoms with Crippen molar-refractivity contribution in [2.24, 2.45) is 0 Å².